The summed E-state index contributed by atoms with van der Waals surface area (Å²) in [5.74, 6) is 0. The predicted octanol–water partition coefficient (Wildman–Crippen LogP) is 3.41. The van der Waals surface area contributed by atoms with Crippen molar-refractivity contribution < 1.29 is 4.74 Å². The number of ether oxygens (including phenoxy) is 1. The summed E-state index contributed by atoms with van der Waals surface area (Å²) in [5.41, 5.74) is 7.55. The van der Waals surface area contributed by atoms with Gasteiger partial charge in [0, 0.05) is 29.4 Å². The first-order valence-corrected chi connectivity index (χ1v) is 8.29. The van der Waals surface area contributed by atoms with Crippen molar-refractivity contribution in [3.8, 4) is 6.07 Å². The minimum atomic E-state index is 0.376. The van der Waals surface area contributed by atoms with E-state index in [2.05, 4.69) is 27.3 Å². The molecule has 0 aromatic heterocycles. The highest BCUT2D eigenvalue weighted by molar-refractivity contribution is 9.10. The van der Waals surface area contributed by atoms with E-state index in [4.69, 9.17) is 15.7 Å². The second-order valence-corrected chi connectivity index (χ2v) is 6.35. The molecule has 3 N–H and O–H groups in total. The van der Waals surface area contributed by atoms with Crippen molar-refractivity contribution in [1.29, 1.82) is 5.26 Å². The largest absolute Gasteiger partial charge is 0.385 e. The van der Waals surface area contributed by atoms with Crippen molar-refractivity contribution in [1.82, 2.24) is 0 Å². The Kier molecular flexibility index (Phi) is 6.50. The van der Waals surface area contributed by atoms with Crippen LogP contribution in [0.25, 0.3) is 0 Å². The molecule has 0 radical (unpaired) electrons. The average Bonchev–Trinajstić information content (AvgIpc) is 2.49. The third kappa shape index (κ3) is 5.31. The summed E-state index contributed by atoms with van der Waals surface area (Å²) in [4.78, 5) is 0. The Morgan fingerprint density at radius 2 is 2.10 bits per heavy atom. The minimum absolute atomic E-state index is 0.376. The van der Waals surface area contributed by atoms with Gasteiger partial charge in [-0.3, -0.25) is 0 Å². The molecule has 21 heavy (non-hydrogen) atoms. The van der Waals surface area contributed by atoms with E-state index in [9.17, 15) is 0 Å². The highest BCUT2D eigenvalue weighted by Crippen LogP contribution is 2.21. The minimum Gasteiger partial charge on any atom is -0.385 e. The molecule has 1 aromatic carbocycles. The van der Waals surface area contributed by atoms with Crippen LogP contribution in [0, 0.1) is 11.3 Å². The van der Waals surface area contributed by atoms with Crippen LogP contribution in [0.15, 0.2) is 22.7 Å². The Balaban J connectivity index is 1.62. The third-order valence-corrected chi connectivity index (χ3v) is 4.47. The molecule has 1 aliphatic carbocycles. The van der Waals surface area contributed by atoms with E-state index in [0.29, 0.717) is 17.7 Å². The van der Waals surface area contributed by atoms with Gasteiger partial charge in [-0.1, -0.05) is 0 Å². The van der Waals surface area contributed by atoms with Crippen molar-refractivity contribution in [2.24, 2.45) is 5.73 Å². The van der Waals surface area contributed by atoms with Gasteiger partial charge in [0.05, 0.1) is 11.7 Å². The lowest BCUT2D eigenvalue weighted by molar-refractivity contribution is 0.0251. The van der Waals surface area contributed by atoms with Crippen LogP contribution in [-0.4, -0.2) is 25.3 Å². The second-order valence-electron chi connectivity index (χ2n) is 5.49. The smallest absolute Gasteiger partial charge is 0.100 e. The van der Waals surface area contributed by atoms with E-state index in [-0.39, 0.29) is 0 Å². The standard InChI is InChI=1S/C16H22BrN3O/c17-16-10-14(5-2-12(16)11-18)20-8-1-9-21-15-6-3-13(19)4-7-15/h2,5,10,13,15,20H,1,3-4,6-9,19H2. The summed E-state index contributed by atoms with van der Waals surface area (Å²) in [6, 6.07) is 8.18. The maximum atomic E-state index is 8.87. The molecule has 4 nitrogen and oxygen atoms in total. The molecule has 1 aromatic rings. The number of hydrogen-bond donors (Lipinski definition) is 2. The second kappa shape index (κ2) is 8.38. The first kappa shape index (κ1) is 16.3. The maximum absolute atomic E-state index is 8.87. The van der Waals surface area contributed by atoms with Crippen LogP contribution in [0.3, 0.4) is 0 Å². The Bertz CT molecular complexity index is 493. The molecule has 0 unspecified atom stereocenters. The van der Waals surface area contributed by atoms with Crippen molar-refractivity contribution in [2.75, 3.05) is 18.5 Å². The Hall–Kier alpha value is -1.09. The Labute approximate surface area is 134 Å². The number of halogens is 1. The molecule has 0 saturated heterocycles. The lowest BCUT2D eigenvalue weighted by Gasteiger charge is -2.26. The first-order chi connectivity index (χ1) is 10.2. The number of nitriles is 1. The molecule has 1 aliphatic rings. The Morgan fingerprint density at radius 1 is 1.33 bits per heavy atom. The molecule has 1 fully saturated rings. The van der Waals surface area contributed by atoms with Crippen molar-refractivity contribution in [2.45, 2.75) is 44.2 Å². The van der Waals surface area contributed by atoms with Crippen LogP contribution >= 0.6 is 15.9 Å². The van der Waals surface area contributed by atoms with Gasteiger partial charge < -0.3 is 15.8 Å². The molecule has 2 rings (SSSR count). The van der Waals surface area contributed by atoms with E-state index in [0.717, 1.165) is 55.4 Å². The fourth-order valence-corrected chi connectivity index (χ4v) is 2.99. The first-order valence-electron chi connectivity index (χ1n) is 7.49. The molecule has 0 amide bonds. The summed E-state index contributed by atoms with van der Waals surface area (Å²) in [7, 11) is 0. The van der Waals surface area contributed by atoms with Crippen LogP contribution < -0.4 is 11.1 Å². The monoisotopic (exact) mass is 351 g/mol. The van der Waals surface area contributed by atoms with E-state index in [1.807, 2.05) is 18.2 Å². The van der Waals surface area contributed by atoms with Gasteiger partial charge in [0.15, 0.2) is 0 Å². The third-order valence-electron chi connectivity index (χ3n) is 3.81. The highest BCUT2D eigenvalue weighted by atomic mass is 79.9. The predicted molar refractivity (Wildman–Crippen MR) is 88.1 cm³/mol. The normalized spacial score (nSPS) is 21.8. The molecule has 0 spiro atoms. The fraction of sp³-hybridized carbons (Fsp3) is 0.562. The van der Waals surface area contributed by atoms with Crippen molar-refractivity contribution in [3.63, 3.8) is 0 Å². The fourth-order valence-electron chi connectivity index (χ4n) is 2.53. The van der Waals surface area contributed by atoms with Gasteiger partial charge >= 0.3 is 0 Å². The van der Waals surface area contributed by atoms with Gasteiger partial charge in [-0.05, 0) is 66.2 Å². The molecule has 0 atom stereocenters. The molecular weight excluding hydrogens is 330 g/mol. The van der Waals surface area contributed by atoms with Crippen LogP contribution in [-0.2, 0) is 4.74 Å². The summed E-state index contributed by atoms with van der Waals surface area (Å²) in [6.45, 7) is 1.65. The quantitative estimate of drug-likeness (QED) is 0.770. The van der Waals surface area contributed by atoms with Gasteiger partial charge in [-0.25, -0.2) is 0 Å². The van der Waals surface area contributed by atoms with Crippen LogP contribution in [0.1, 0.15) is 37.7 Å². The van der Waals surface area contributed by atoms with Crippen LogP contribution in [0.4, 0.5) is 5.69 Å². The number of rotatable bonds is 6. The van der Waals surface area contributed by atoms with Gasteiger partial charge in [-0.2, -0.15) is 5.26 Å². The van der Waals surface area contributed by atoms with Gasteiger partial charge in [0.1, 0.15) is 6.07 Å². The summed E-state index contributed by atoms with van der Waals surface area (Å²) >= 11 is 3.39. The molecule has 0 bridgehead atoms. The summed E-state index contributed by atoms with van der Waals surface area (Å²) < 4.78 is 6.71. The maximum Gasteiger partial charge on any atom is 0.100 e. The number of anilines is 1. The molecular formula is C16H22BrN3O. The average molecular weight is 352 g/mol. The van der Waals surface area contributed by atoms with Crippen molar-refractivity contribution >= 4 is 21.6 Å². The van der Waals surface area contributed by atoms with Crippen LogP contribution in [0.2, 0.25) is 0 Å². The number of nitrogens with zero attached hydrogens (tertiary/aromatic N) is 1. The van der Waals surface area contributed by atoms with E-state index in [1.54, 1.807) is 0 Å². The Morgan fingerprint density at radius 3 is 2.76 bits per heavy atom. The SMILES string of the molecule is N#Cc1ccc(NCCCOC2CCC(N)CC2)cc1Br. The van der Waals surface area contributed by atoms with E-state index in [1.165, 1.54) is 0 Å². The number of benzene rings is 1. The van der Waals surface area contributed by atoms with Gasteiger partial charge in [0.2, 0.25) is 0 Å². The van der Waals surface area contributed by atoms with Gasteiger partial charge in [0.25, 0.3) is 0 Å². The lowest BCUT2D eigenvalue weighted by atomic mass is 9.94. The van der Waals surface area contributed by atoms with Gasteiger partial charge in [-0.15, -0.1) is 0 Å². The summed E-state index contributed by atoms with van der Waals surface area (Å²) in [5, 5.41) is 12.2. The van der Waals surface area contributed by atoms with E-state index < -0.39 is 0 Å². The zero-order chi connectivity index (χ0) is 15.1. The topological polar surface area (TPSA) is 71.1 Å². The number of nitrogens with one attached hydrogen (secondary N) is 1. The molecule has 0 aliphatic heterocycles. The molecule has 5 heteroatoms. The number of nitrogens with two attached hydrogens (primary N) is 1. The molecule has 114 valence electrons. The number of hydrogen-bond acceptors (Lipinski definition) is 4. The zero-order valence-corrected chi connectivity index (χ0v) is 13.7. The van der Waals surface area contributed by atoms with Crippen molar-refractivity contribution in [3.05, 3.63) is 28.2 Å². The molecule has 1 saturated carbocycles. The van der Waals surface area contributed by atoms with Crippen LogP contribution in [0.5, 0.6) is 0 Å². The zero-order valence-electron chi connectivity index (χ0n) is 12.1. The lowest BCUT2D eigenvalue weighted by Crippen LogP contribution is -2.30. The van der Waals surface area contributed by atoms with E-state index >= 15 is 0 Å². The molecule has 0 heterocycles. The summed E-state index contributed by atoms with van der Waals surface area (Å²) in [6.07, 6.45) is 5.73. The highest BCUT2D eigenvalue weighted by Gasteiger charge is 2.18.